The zero-order chi connectivity index (χ0) is 27.1. The van der Waals surface area contributed by atoms with Gasteiger partial charge in [-0.3, -0.25) is 9.59 Å². The normalized spacial score (nSPS) is 11.3. The standard InChI is InChI=1S/C29H20F2N4O4/c1-35-15-21(18-10-11-32-29(37)28(18)35)20-13-17(7-9-24(20)38-26-8-6-16(30)12-22(26)31)33-27(36)14-23-19-4-2-3-5-25(19)39-34-23/h2-13,15H,14H2,1H3,(H,32,37)(H,33,36). The maximum Gasteiger partial charge on any atom is 0.272 e. The first-order valence-corrected chi connectivity index (χ1v) is 11.9. The second-order valence-electron chi connectivity index (χ2n) is 8.96. The van der Waals surface area contributed by atoms with Gasteiger partial charge in [0.15, 0.2) is 17.1 Å². The molecule has 2 N–H and O–H groups in total. The van der Waals surface area contributed by atoms with Crippen LogP contribution in [0.3, 0.4) is 0 Å². The van der Waals surface area contributed by atoms with Gasteiger partial charge in [-0.05, 0) is 48.5 Å². The number of carbonyl (C=O) groups is 1. The van der Waals surface area contributed by atoms with Crippen LogP contribution in [0, 0.1) is 11.6 Å². The minimum absolute atomic E-state index is 0.0188. The molecule has 0 fully saturated rings. The molecule has 3 aromatic heterocycles. The fourth-order valence-electron chi connectivity index (χ4n) is 4.59. The molecule has 0 bridgehead atoms. The quantitative estimate of drug-likeness (QED) is 0.280. The third kappa shape index (κ3) is 4.52. The van der Waals surface area contributed by atoms with E-state index in [1.807, 2.05) is 18.2 Å². The van der Waals surface area contributed by atoms with Crippen LogP contribution >= 0.6 is 0 Å². The number of hydrogen-bond donors (Lipinski definition) is 2. The van der Waals surface area contributed by atoms with E-state index in [0.717, 1.165) is 17.5 Å². The number of aromatic amines is 1. The van der Waals surface area contributed by atoms with Gasteiger partial charge < -0.3 is 24.1 Å². The number of H-pyrrole nitrogens is 1. The van der Waals surface area contributed by atoms with Gasteiger partial charge in [0.2, 0.25) is 5.91 Å². The Morgan fingerprint density at radius 3 is 2.69 bits per heavy atom. The molecule has 0 saturated carbocycles. The summed E-state index contributed by atoms with van der Waals surface area (Å²) in [6.07, 6.45) is 3.26. The largest absolute Gasteiger partial charge is 0.454 e. The number of para-hydroxylation sites is 1. The fraction of sp³-hybridized carbons (Fsp3) is 0.0690. The van der Waals surface area contributed by atoms with Crippen molar-refractivity contribution >= 4 is 33.5 Å². The van der Waals surface area contributed by atoms with Crippen molar-refractivity contribution in [3.05, 3.63) is 107 Å². The second-order valence-corrected chi connectivity index (χ2v) is 8.96. The predicted octanol–water partition coefficient (Wildman–Crippen LogP) is 5.93. The first-order chi connectivity index (χ1) is 18.9. The summed E-state index contributed by atoms with van der Waals surface area (Å²) < 4.78 is 40.7. The Morgan fingerprint density at radius 2 is 1.85 bits per heavy atom. The molecule has 0 aliphatic heterocycles. The van der Waals surface area contributed by atoms with Crippen LogP contribution in [0.2, 0.25) is 0 Å². The summed E-state index contributed by atoms with van der Waals surface area (Å²) in [5, 5.41) is 8.24. The molecule has 6 rings (SSSR count). The van der Waals surface area contributed by atoms with E-state index in [2.05, 4.69) is 15.5 Å². The highest BCUT2D eigenvalue weighted by molar-refractivity contribution is 5.99. The molecule has 0 spiro atoms. The molecular weight excluding hydrogens is 506 g/mol. The van der Waals surface area contributed by atoms with E-state index in [4.69, 9.17) is 9.26 Å². The molecule has 39 heavy (non-hydrogen) atoms. The van der Waals surface area contributed by atoms with E-state index in [1.54, 1.807) is 48.1 Å². The number of ether oxygens (including phenoxy) is 1. The molecule has 0 aliphatic rings. The lowest BCUT2D eigenvalue weighted by Gasteiger charge is -2.14. The van der Waals surface area contributed by atoms with Crippen molar-refractivity contribution in [2.24, 2.45) is 7.05 Å². The third-order valence-electron chi connectivity index (χ3n) is 6.35. The summed E-state index contributed by atoms with van der Waals surface area (Å²) in [7, 11) is 1.73. The van der Waals surface area contributed by atoms with Crippen molar-refractivity contribution in [1.29, 1.82) is 0 Å². The highest BCUT2D eigenvalue weighted by atomic mass is 19.1. The molecule has 8 nitrogen and oxygen atoms in total. The van der Waals surface area contributed by atoms with Gasteiger partial charge in [0.05, 0.1) is 6.42 Å². The number of carbonyl (C=O) groups excluding carboxylic acids is 1. The molecular formula is C29H20F2N4O4. The maximum atomic E-state index is 14.4. The molecule has 1 amide bonds. The Bertz CT molecular complexity index is 1940. The monoisotopic (exact) mass is 526 g/mol. The van der Waals surface area contributed by atoms with Gasteiger partial charge in [0.25, 0.3) is 5.56 Å². The minimum atomic E-state index is -0.868. The highest BCUT2D eigenvalue weighted by Gasteiger charge is 2.19. The number of nitrogens with one attached hydrogen (secondary N) is 2. The van der Waals surface area contributed by atoms with E-state index < -0.39 is 11.6 Å². The third-order valence-corrected chi connectivity index (χ3v) is 6.35. The molecule has 10 heteroatoms. The number of benzene rings is 3. The number of aryl methyl sites for hydroxylation is 1. The van der Waals surface area contributed by atoms with Crippen molar-refractivity contribution in [3.8, 4) is 22.6 Å². The van der Waals surface area contributed by atoms with E-state index in [1.165, 1.54) is 12.3 Å². The summed E-state index contributed by atoms with van der Waals surface area (Å²) in [6, 6.07) is 16.9. The van der Waals surface area contributed by atoms with Crippen LogP contribution in [-0.2, 0) is 18.3 Å². The average Bonchev–Trinajstić information content (AvgIpc) is 3.48. The summed E-state index contributed by atoms with van der Waals surface area (Å²) in [6.45, 7) is 0. The van der Waals surface area contributed by atoms with E-state index in [0.29, 0.717) is 39.0 Å². The summed E-state index contributed by atoms with van der Waals surface area (Å²) >= 11 is 0. The van der Waals surface area contributed by atoms with Gasteiger partial charge in [-0.2, -0.15) is 0 Å². The number of halogens is 2. The Hall–Kier alpha value is -5.25. The van der Waals surface area contributed by atoms with Crippen LogP contribution in [0.25, 0.3) is 33.0 Å². The number of fused-ring (bicyclic) bond motifs is 2. The summed E-state index contributed by atoms with van der Waals surface area (Å²) in [5.41, 5.74) is 2.79. The molecule has 0 aliphatic carbocycles. The van der Waals surface area contributed by atoms with Crippen LogP contribution in [0.15, 0.2) is 88.4 Å². The predicted molar refractivity (Wildman–Crippen MR) is 142 cm³/mol. The first kappa shape index (κ1) is 24.1. The molecule has 0 saturated heterocycles. The second kappa shape index (κ2) is 9.56. The van der Waals surface area contributed by atoms with Gasteiger partial charge in [-0.15, -0.1) is 0 Å². The average molecular weight is 526 g/mol. The van der Waals surface area contributed by atoms with Crippen LogP contribution < -0.4 is 15.6 Å². The van der Waals surface area contributed by atoms with Crippen molar-refractivity contribution in [3.63, 3.8) is 0 Å². The van der Waals surface area contributed by atoms with Crippen molar-refractivity contribution in [1.82, 2.24) is 14.7 Å². The number of amides is 1. The van der Waals surface area contributed by atoms with Crippen LogP contribution in [0.5, 0.6) is 11.5 Å². The maximum absolute atomic E-state index is 14.4. The SMILES string of the molecule is Cn1cc(-c2cc(NC(=O)Cc3noc4ccccc34)ccc2Oc2ccc(F)cc2F)c2cc[nH]c(=O)c21. The van der Waals surface area contributed by atoms with Crippen molar-refractivity contribution < 1.29 is 22.8 Å². The molecule has 0 radical (unpaired) electrons. The molecule has 0 unspecified atom stereocenters. The Kier molecular flexibility index (Phi) is 5.91. The lowest BCUT2D eigenvalue weighted by Crippen LogP contribution is -2.14. The fourth-order valence-corrected chi connectivity index (χ4v) is 4.59. The van der Waals surface area contributed by atoms with Crippen molar-refractivity contribution in [2.75, 3.05) is 5.32 Å². The number of aromatic nitrogens is 3. The topological polar surface area (TPSA) is 102 Å². The number of nitrogens with zero attached hydrogens (tertiary/aromatic N) is 2. The molecule has 0 atom stereocenters. The lowest BCUT2D eigenvalue weighted by atomic mass is 10.0. The van der Waals surface area contributed by atoms with E-state index in [9.17, 15) is 18.4 Å². The van der Waals surface area contributed by atoms with Gasteiger partial charge in [-0.1, -0.05) is 17.3 Å². The van der Waals surface area contributed by atoms with Gasteiger partial charge in [-0.25, -0.2) is 8.78 Å². The number of rotatable bonds is 6. The van der Waals surface area contributed by atoms with Crippen LogP contribution in [-0.4, -0.2) is 20.6 Å². The highest BCUT2D eigenvalue weighted by Crippen LogP contribution is 2.39. The zero-order valence-corrected chi connectivity index (χ0v) is 20.5. The van der Waals surface area contributed by atoms with Gasteiger partial charge in [0, 0.05) is 53.1 Å². The minimum Gasteiger partial charge on any atom is -0.454 e. The van der Waals surface area contributed by atoms with Crippen LogP contribution in [0.1, 0.15) is 5.69 Å². The van der Waals surface area contributed by atoms with Gasteiger partial charge >= 0.3 is 0 Å². The molecule has 3 heterocycles. The van der Waals surface area contributed by atoms with Crippen molar-refractivity contribution in [2.45, 2.75) is 6.42 Å². The number of pyridine rings is 1. The number of hydrogen-bond acceptors (Lipinski definition) is 5. The summed E-state index contributed by atoms with van der Waals surface area (Å²) in [5.74, 6) is -1.86. The smallest absolute Gasteiger partial charge is 0.272 e. The van der Waals surface area contributed by atoms with E-state index >= 15 is 0 Å². The first-order valence-electron chi connectivity index (χ1n) is 11.9. The van der Waals surface area contributed by atoms with E-state index in [-0.39, 0.29) is 29.4 Å². The summed E-state index contributed by atoms with van der Waals surface area (Å²) in [4.78, 5) is 28.1. The van der Waals surface area contributed by atoms with Crippen LogP contribution in [0.4, 0.5) is 14.5 Å². The number of anilines is 1. The zero-order valence-electron chi connectivity index (χ0n) is 20.5. The Labute approximate surface area is 219 Å². The lowest BCUT2D eigenvalue weighted by molar-refractivity contribution is -0.115. The molecule has 6 aromatic rings. The molecule has 3 aromatic carbocycles. The Balaban J connectivity index is 1.39. The molecule has 194 valence electrons. The van der Waals surface area contributed by atoms with Gasteiger partial charge in [0.1, 0.15) is 22.8 Å². The Morgan fingerprint density at radius 1 is 1.03 bits per heavy atom.